The number of nitrogens with one attached hydrogen (secondary N) is 1. The molecular formula is C19H26IN3O2. The second kappa shape index (κ2) is 11.6. The summed E-state index contributed by atoms with van der Waals surface area (Å²) in [6, 6.07) is 15.7. The zero-order valence-electron chi connectivity index (χ0n) is 14.7. The Balaban J connectivity index is 0.00000312. The molecular weight excluding hydrogens is 429 g/mol. The van der Waals surface area contributed by atoms with Crippen LogP contribution in [0.5, 0.6) is 11.5 Å². The van der Waals surface area contributed by atoms with Crippen LogP contribution in [0, 0.1) is 0 Å². The Morgan fingerprint density at radius 3 is 2.52 bits per heavy atom. The van der Waals surface area contributed by atoms with Crippen molar-refractivity contribution in [3.63, 3.8) is 0 Å². The summed E-state index contributed by atoms with van der Waals surface area (Å²) < 4.78 is 10.8. The fourth-order valence-corrected chi connectivity index (χ4v) is 2.16. The lowest BCUT2D eigenvalue weighted by Gasteiger charge is -2.08. The highest BCUT2D eigenvalue weighted by Crippen LogP contribution is 2.18. The monoisotopic (exact) mass is 455 g/mol. The van der Waals surface area contributed by atoms with Crippen LogP contribution in [-0.2, 0) is 6.42 Å². The quantitative estimate of drug-likeness (QED) is 0.273. The highest BCUT2D eigenvalue weighted by atomic mass is 127. The first-order chi connectivity index (χ1) is 11.7. The van der Waals surface area contributed by atoms with Crippen LogP contribution in [0.15, 0.2) is 53.5 Å². The maximum absolute atomic E-state index is 5.89. The average Bonchev–Trinajstić information content (AvgIpc) is 2.62. The van der Waals surface area contributed by atoms with Gasteiger partial charge in [0.15, 0.2) is 5.96 Å². The third-order valence-electron chi connectivity index (χ3n) is 3.53. The van der Waals surface area contributed by atoms with Crippen LogP contribution in [-0.4, -0.2) is 26.2 Å². The van der Waals surface area contributed by atoms with Crippen molar-refractivity contribution in [3.05, 3.63) is 54.1 Å². The lowest BCUT2D eigenvalue weighted by Crippen LogP contribution is -2.23. The van der Waals surface area contributed by atoms with Crippen LogP contribution in [0.4, 0.5) is 5.69 Å². The minimum absolute atomic E-state index is 0. The molecule has 0 amide bonds. The molecule has 0 fully saturated rings. The van der Waals surface area contributed by atoms with Gasteiger partial charge in [0, 0.05) is 24.7 Å². The molecule has 136 valence electrons. The number of benzene rings is 2. The van der Waals surface area contributed by atoms with E-state index in [2.05, 4.69) is 29.4 Å². The molecule has 0 unspecified atom stereocenters. The van der Waals surface area contributed by atoms with E-state index in [0.717, 1.165) is 30.0 Å². The molecule has 0 heterocycles. The Kier molecular flexibility index (Phi) is 9.76. The number of hydrogen-bond acceptors (Lipinski definition) is 3. The van der Waals surface area contributed by atoms with Crippen molar-refractivity contribution in [2.24, 2.45) is 10.7 Å². The molecule has 0 atom stereocenters. The van der Waals surface area contributed by atoms with E-state index < -0.39 is 0 Å². The highest BCUT2D eigenvalue weighted by molar-refractivity contribution is 14.0. The smallest absolute Gasteiger partial charge is 0.193 e. The molecule has 0 aromatic heterocycles. The Hall–Kier alpha value is -1.96. The number of aryl methyl sites for hydroxylation is 1. The third-order valence-corrected chi connectivity index (χ3v) is 3.53. The molecule has 0 saturated heterocycles. The first-order valence-electron chi connectivity index (χ1n) is 8.14. The van der Waals surface area contributed by atoms with Crippen molar-refractivity contribution >= 4 is 35.6 Å². The summed E-state index contributed by atoms with van der Waals surface area (Å²) in [5.74, 6) is 1.99. The van der Waals surface area contributed by atoms with Gasteiger partial charge in [-0.15, -0.1) is 24.0 Å². The van der Waals surface area contributed by atoms with E-state index in [1.807, 2.05) is 36.4 Å². The number of rotatable bonds is 8. The number of ether oxygens (including phenoxy) is 2. The van der Waals surface area contributed by atoms with Crippen molar-refractivity contribution in [2.45, 2.75) is 19.8 Å². The van der Waals surface area contributed by atoms with Crippen LogP contribution in [0.1, 0.15) is 18.9 Å². The molecule has 0 radical (unpaired) electrons. The van der Waals surface area contributed by atoms with Gasteiger partial charge < -0.3 is 20.5 Å². The van der Waals surface area contributed by atoms with Gasteiger partial charge in [0.05, 0.1) is 13.7 Å². The number of nitrogens with zero attached hydrogens (tertiary/aromatic N) is 1. The number of guanidine groups is 1. The van der Waals surface area contributed by atoms with Crippen molar-refractivity contribution < 1.29 is 9.47 Å². The molecule has 2 rings (SSSR count). The molecule has 3 N–H and O–H groups in total. The van der Waals surface area contributed by atoms with Gasteiger partial charge in [0.25, 0.3) is 0 Å². The van der Waals surface area contributed by atoms with E-state index in [1.54, 1.807) is 7.11 Å². The van der Waals surface area contributed by atoms with Crippen molar-refractivity contribution in [2.75, 3.05) is 25.6 Å². The maximum atomic E-state index is 5.89. The van der Waals surface area contributed by atoms with Crippen LogP contribution in [0.2, 0.25) is 0 Å². The molecule has 0 bridgehead atoms. The number of aliphatic imine (C=N–C) groups is 1. The van der Waals surface area contributed by atoms with Crippen LogP contribution >= 0.6 is 24.0 Å². The first-order valence-corrected chi connectivity index (χ1v) is 8.14. The topological polar surface area (TPSA) is 68.9 Å². The Morgan fingerprint density at radius 2 is 1.84 bits per heavy atom. The summed E-state index contributed by atoms with van der Waals surface area (Å²) in [5, 5.41) is 3.09. The second-order valence-corrected chi connectivity index (χ2v) is 5.32. The average molecular weight is 455 g/mol. The van der Waals surface area contributed by atoms with Gasteiger partial charge in [-0.05, 0) is 36.2 Å². The lowest BCUT2D eigenvalue weighted by molar-refractivity contribution is 0.311. The lowest BCUT2D eigenvalue weighted by atomic mass is 10.1. The molecule has 0 aliphatic carbocycles. The largest absolute Gasteiger partial charge is 0.497 e. The number of nitrogens with two attached hydrogens (primary N) is 1. The summed E-state index contributed by atoms with van der Waals surface area (Å²) in [7, 11) is 1.64. The fourth-order valence-electron chi connectivity index (χ4n) is 2.16. The molecule has 2 aromatic rings. The van der Waals surface area contributed by atoms with E-state index in [0.29, 0.717) is 19.1 Å². The molecule has 25 heavy (non-hydrogen) atoms. The third kappa shape index (κ3) is 7.64. The molecule has 0 aliphatic rings. The maximum Gasteiger partial charge on any atom is 0.193 e. The van der Waals surface area contributed by atoms with Crippen molar-refractivity contribution in [1.29, 1.82) is 0 Å². The SMILES string of the molecule is CCc1ccc(NC(N)=NCCCOc2cccc(OC)c2)cc1.I. The van der Waals surface area contributed by atoms with Crippen LogP contribution in [0.25, 0.3) is 0 Å². The minimum atomic E-state index is 0. The van der Waals surface area contributed by atoms with Crippen molar-refractivity contribution in [1.82, 2.24) is 0 Å². The van der Waals surface area contributed by atoms with E-state index in [-0.39, 0.29) is 24.0 Å². The number of anilines is 1. The van der Waals surface area contributed by atoms with Gasteiger partial charge in [0.2, 0.25) is 0 Å². The van der Waals surface area contributed by atoms with E-state index in [4.69, 9.17) is 15.2 Å². The molecule has 0 spiro atoms. The predicted octanol–water partition coefficient (Wildman–Crippen LogP) is 4.07. The highest BCUT2D eigenvalue weighted by Gasteiger charge is 1.98. The summed E-state index contributed by atoms with van der Waals surface area (Å²) >= 11 is 0. The normalized spacial score (nSPS) is 10.7. The van der Waals surface area contributed by atoms with Gasteiger partial charge in [-0.1, -0.05) is 25.1 Å². The minimum Gasteiger partial charge on any atom is -0.497 e. The van der Waals surface area contributed by atoms with Gasteiger partial charge >= 0.3 is 0 Å². The number of methoxy groups -OCH3 is 1. The molecule has 0 aliphatic heterocycles. The molecule has 0 saturated carbocycles. The van der Waals surface area contributed by atoms with Gasteiger partial charge in [0.1, 0.15) is 11.5 Å². The second-order valence-electron chi connectivity index (χ2n) is 5.32. The van der Waals surface area contributed by atoms with Crippen molar-refractivity contribution in [3.8, 4) is 11.5 Å². The van der Waals surface area contributed by atoms with E-state index in [9.17, 15) is 0 Å². The molecule has 2 aromatic carbocycles. The Morgan fingerprint density at radius 1 is 1.12 bits per heavy atom. The summed E-state index contributed by atoms with van der Waals surface area (Å²) in [5.41, 5.74) is 8.13. The van der Waals surface area contributed by atoms with Gasteiger partial charge in [-0.25, -0.2) is 0 Å². The zero-order chi connectivity index (χ0) is 17.2. The fraction of sp³-hybridized carbons (Fsp3) is 0.316. The van der Waals surface area contributed by atoms with E-state index >= 15 is 0 Å². The molecule has 5 nitrogen and oxygen atoms in total. The summed E-state index contributed by atoms with van der Waals surface area (Å²) in [6.45, 7) is 3.32. The Labute approximate surface area is 166 Å². The first kappa shape index (κ1) is 21.1. The standard InChI is InChI=1S/C19H25N3O2.HI/c1-3-15-8-10-16(11-9-15)22-19(20)21-12-5-13-24-18-7-4-6-17(14-18)23-2;/h4,6-11,14H,3,5,12-13H2,1-2H3,(H3,20,21,22);1H. The zero-order valence-corrected chi connectivity index (χ0v) is 17.0. The molecule has 6 heteroatoms. The van der Waals surface area contributed by atoms with Gasteiger partial charge in [-0.2, -0.15) is 0 Å². The summed E-state index contributed by atoms with van der Waals surface area (Å²) in [6.07, 6.45) is 1.81. The number of halogens is 1. The van der Waals surface area contributed by atoms with E-state index in [1.165, 1.54) is 5.56 Å². The van der Waals surface area contributed by atoms with Gasteiger partial charge in [-0.3, -0.25) is 4.99 Å². The number of hydrogen-bond donors (Lipinski definition) is 2. The van der Waals surface area contributed by atoms with Crippen LogP contribution < -0.4 is 20.5 Å². The Bertz CT molecular complexity index is 660. The van der Waals surface area contributed by atoms with Crippen LogP contribution in [0.3, 0.4) is 0 Å². The predicted molar refractivity (Wildman–Crippen MR) is 114 cm³/mol. The summed E-state index contributed by atoms with van der Waals surface area (Å²) in [4.78, 5) is 4.31.